The van der Waals surface area contributed by atoms with Crippen LogP contribution in [-0.4, -0.2) is 19.5 Å². The third-order valence-corrected chi connectivity index (χ3v) is 3.60. The van der Waals surface area contributed by atoms with E-state index in [1.165, 1.54) is 7.11 Å². The standard InChI is InChI=1S/C16H13ClO3/c1-19-14-6-5-11(17)9-13(14)15(18)12-4-2-3-10-7-8-20-16(10)12/h2-6,9H,7-8H2,1H3. The summed E-state index contributed by atoms with van der Waals surface area (Å²) in [7, 11) is 1.53. The highest BCUT2D eigenvalue weighted by Crippen LogP contribution is 2.33. The lowest BCUT2D eigenvalue weighted by Crippen LogP contribution is -2.06. The number of fused-ring (bicyclic) bond motifs is 1. The first-order valence-corrected chi connectivity index (χ1v) is 6.71. The molecule has 1 aliphatic rings. The zero-order valence-corrected chi connectivity index (χ0v) is 11.7. The van der Waals surface area contributed by atoms with E-state index in [1.807, 2.05) is 12.1 Å². The van der Waals surface area contributed by atoms with Gasteiger partial charge in [0.15, 0.2) is 0 Å². The topological polar surface area (TPSA) is 35.5 Å². The number of carbonyl (C=O) groups is 1. The third-order valence-electron chi connectivity index (χ3n) is 3.37. The first-order chi connectivity index (χ1) is 9.70. The molecule has 0 aliphatic carbocycles. The Kier molecular flexibility index (Phi) is 3.36. The summed E-state index contributed by atoms with van der Waals surface area (Å²) in [5, 5.41) is 0.502. The van der Waals surface area contributed by atoms with Crippen LogP contribution in [0.25, 0.3) is 0 Å². The minimum absolute atomic E-state index is 0.136. The molecule has 0 radical (unpaired) electrons. The first kappa shape index (κ1) is 13.0. The van der Waals surface area contributed by atoms with Crippen molar-refractivity contribution in [2.45, 2.75) is 6.42 Å². The second-order valence-corrected chi connectivity index (χ2v) is 5.00. The molecule has 1 heterocycles. The number of rotatable bonds is 3. The average Bonchev–Trinajstić information content (AvgIpc) is 2.94. The van der Waals surface area contributed by atoms with Crippen molar-refractivity contribution in [3.63, 3.8) is 0 Å². The summed E-state index contributed by atoms with van der Waals surface area (Å²) in [6.07, 6.45) is 0.836. The highest BCUT2D eigenvalue weighted by atomic mass is 35.5. The van der Waals surface area contributed by atoms with Gasteiger partial charge in [0.05, 0.1) is 24.8 Å². The van der Waals surface area contributed by atoms with Gasteiger partial charge in [-0.15, -0.1) is 0 Å². The van der Waals surface area contributed by atoms with Gasteiger partial charge >= 0.3 is 0 Å². The highest BCUT2D eigenvalue weighted by molar-refractivity contribution is 6.31. The van der Waals surface area contributed by atoms with Gasteiger partial charge in [-0.3, -0.25) is 4.79 Å². The van der Waals surface area contributed by atoms with Gasteiger partial charge in [0.25, 0.3) is 0 Å². The summed E-state index contributed by atoms with van der Waals surface area (Å²) in [6.45, 7) is 0.617. The maximum Gasteiger partial charge on any atom is 0.200 e. The molecule has 3 rings (SSSR count). The number of halogens is 1. The fourth-order valence-electron chi connectivity index (χ4n) is 2.40. The Morgan fingerprint density at radius 3 is 2.90 bits per heavy atom. The Labute approximate surface area is 122 Å². The molecule has 0 spiro atoms. The molecule has 0 amide bonds. The van der Waals surface area contributed by atoms with Crippen LogP contribution in [0.2, 0.25) is 5.02 Å². The molecule has 0 N–H and O–H groups in total. The number of methoxy groups -OCH3 is 1. The molecule has 0 aromatic heterocycles. The molecule has 4 heteroatoms. The molecule has 1 aliphatic heterocycles. The number of para-hydroxylation sites is 1. The third kappa shape index (κ3) is 2.14. The van der Waals surface area contributed by atoms with Crippen molar-refractivity contribution in [1.29, 1.82) is 0 Å². The van der Waals surface area contributed by atoms with Crippen molar-refractivity contribution in [2.75, 3.05) is 13.7 Å². The van der Waals surface area contributed by atoms with Gasteiger partial charge in [-0.05, 0) is 29.8 Å². The molecule has 3 nitrogen and oxygen atoms in total. The van der Waals surface area contributed by atoms with Gasteiger partial charge in [0, 0.05) is 11.4 Å². The number of hydrogen-bond donors (Lipinski definition) is 0. The van der Waals surface area contributed by atoms with E-state index in [-0.39, 0.29) is 5.78 Å². The van der Waals surface area contributed by atoms with E-state index in [1.54, 1.807) is 24.3 Å². The summed E-state index contributed by atoms with van der Waals surface area (Å²) >= 11 is 5.98. The van der Waals surface area contributed by atoms with Crippen LogP contribution in [0.5, 0.6) is 11.5 Å². The van der Waals surface area contributed by atoms with Crippen LogP contribution in [0.15, 0.2) is 36.4 Å². The lowest BCUT2D eigenvalue weighted by molar-refractivity contribution is 0.103. The van der Waals surface area contributed by atoms with Crippen molar-refractivity contribution in [2.24, 2.45) is 0 Å². The van der Waals surface area contributed by atoms with Crippen LogP contribution in [-0.2, 0) is 6.42 Å². The second-order valence-electron chi connectivity index (χ2n) is 4.57. The van der Waals surface area contributed by atoms with Gasteiger partial charge in [0.1, 0.15) is 11.5 Å². The molecule has 0 atom stereocenters. The van der Waals surface area contributed by atoms with Crippen molar-refractivity contribution in [3.05, 3.63) is 58.1 Å². The number of hydrogen-bond acceptors (Lipinski definition) is 3. The minimum atomic E-state index is -0.136. The average molecular weight is 289 g/mol. The monoisotopic (exact) mass is 288 g/mol. The first-order valence-electron chi connectivity index (χ1n) is 6.33. The molecular weight excluding hydrogens is 276 g/mol. The number of ketones is 1. The molecule has 2 aromatic rings. The normalized spacial score (nSPS) is 12.7. The SMILES string of the molecule is COc1ccc(Cl)cc1C(=O)c1cccc2c1OCC2. The van der Waals surface area contributed by atoms with Crippen LogP contribution < -0.4 is 9.47 Å². The fourth-order valence-corrected chi connectivity index (χ4v) is 2.57. The van der Waals surface area contributed by atoms with E-state index in [0.29, 0.717) is 34.3 Å². The minimum Gasteiger partial charge on any atom is -0.496 e. The van der Waals surface area contributed by atoms with E-state index in [9.17, 15) is 4.79 Å². The highest BCUT2D eigenvalue weighted by Gasteiger charge is 2.23. The van der Waals surface area contributed by atoms with Gasteiger partial charge in [0.2, 0.25) is 5.78 Å². The summed E-state index contributed by atoms with van der Waals surface area (Å²) < 4.78 is 10.8. The Bertz CT molecular complexity index is 675. The van der Waals surface area contributed by atoms with E-state index in [2.05, 4.69) is 0 Å². The van der Waals surface area contributed by atoms with Crippen LogP contribution in [0, 0.1) is 0 Å². The molecule has 0 saturated heterocycles. The van der Waals surface area contributed by atoms with Gasteiger partial charge in [-0.2, -0.15) is 0 Å². The van der Waals surface area contributed by atoms with Crippen LogP contribution in [0.1, 0.15) is 21.5 Å². The summed E-state index contributed by atoms with van der Waals surface area (Å²) in [5.74, 6) is 1.05. The van der Waals surface area contributed by atoms with Crippen molar-refractivity contribution in [3.8, 4) is 11.5 Å². The van der Waals surface area contributed by atoms with Crippen molar-refractivity contribution >= 4 is 17.4 Å². The van der Waals surface area contributed by atoms with E-state index < -0.39 is 0 Å². The maximum atomic E-state index is 12.7. The van der Waals surface area contributed by atoms with Gasteiger partial charge < -0.3 is 9.47 Å². The maximum absolute atomic E-state index is 12.7. The molecule has 20 heavy (non-hydrogen) atoms. The van der Waals surface area contributed by atoms with Crippen LogP contribution >= 0.6 is 11.6 Å². The molecular formula is C16H13ClO3. The van der Waals surface area contributed by atoms with E-state index >= 15 is 0 Å². The lowest BCUT2D eigenvalue weighted by Gasteiger charge is -2.10. The van der Waals surface area contributed by atoms with E-state index in [0.717, 1.165) is 12.0 Å². The van der Waals surface area contributed by atoms with Gasteiger partial charge in [-0.1, -0.05) is 23.7 Å². The predicted octanol–water partition coefficient (Wildman–Crippen LogP) is 3.51. The Balaban J connectivity index is 2.10. The summed E-state index contributed by atoms with van der Waals surface area (Å²) in [4.78, 5) is 12.7. The summed E-state index contributed by atoms with van der Waals surface area (Å²) in [6, 6.07) is 10.6. The fraction of sp³-hybridized carbons (Fsp3) is 0.188. The summed E-state index contributed by atoms with van der Waals surface area (Å²) in [5.41, 5.74) is 2.07. The smallest absolute Gasteiger partial charge is 0.200 e. The molecule has 0 bridgehead atoms. The van der Waals surface area contributed by atoms with Crippen LogP contribution in [0.3, 0.4) is 0 Å². The zero-order chi connectivity index (χ0) is 14.1. The Morgan fingerprint density at radius 1 is 1.25 bits per heavy atom. The number of benzene rings is 2. The predicted molar refractivity (Wildman–Crippen MR) is 77.1 cm³/mol. The van der Waals surface area contributed by atoms with Crippen molar-refractivity contribution in [1.82, 2.24) is 0 Å². The number of carbonyl (C=O) groups excluding carboxylic acids is 1. The van der Waals surface area contributed by atoms with Gasteiger partial charge in [-0.25, -0.2) is 0 Å². The number of ether oxygens (including phenoxy) is 2. The zero-order valence-electron chi connectivity index (χ0n) is 11.0. The van der Waals surface area contributed by atoms with Crippen molar-refractivity contribution < 1.29 is 14.3 Å². The molecule has 0 saturated carbocycles. The molecule has 102 valence electrons. The second kappa shape index (κ2) is 5.17. The lowest BCUT2D eigenvalue weighted by atomic mass is 9.99. The molecule has 2 aromatic carbocycles. The Hall–Kier alpha value is -2.00. The molecule has 0 fully saturated rings. The quantitative estimate of drug-likeness (QED) is 0.811. The molecule has 0 unspecified atom stereocenters. The largest absolute Gasteiger partial charge is 0.496 e. The van der Waals surface area contributed by atoms with E-state index in [4.69, 9.17) is 21.1 Å². The van der Waals surface area contributed by atoms with Crippen LogP contribution in [0.4, 0.5) is 0 Å². The Morgan fingerprint density at radius 2 is 2.10 bits per heavy atom.